The Hall–Kier alpha value is -1.88. The van der Waals surface area contributed by atoms with Crippen LogP contribution in [0, 0.1) is 12.8 Å². The molecule has 2 rings (SSSR count). The van der Waals surface area contributed by atoms with Crippen molar-refractivity contribution in [2.45, 2.75) is 51.6 Å². The van der Waals surface area contributed by atoms with Crippen molar-refractivity contribution in [1.82, 2.24) is 10.2 Å². The van der Waals surface area contributed by atoms with E-state index in [9.17, 15) is 14.7 Å². The first-order valence-electron chi connectivity index (χ1n) is 9.20. The van der Waals surface area contributed by atoms with Crippen molar-refractivity contribution in [3.8, 4) is 0 Å². The highest BCUT2D eigenvalue weighted by molar-refractivity contribution is 5.84. The quantitative estimate of drug-likeness (QED) is 0.794. The van der Waals surface area contributed by atoms with Crippen LogP contribution in [0.5, 0.6) is 0 Å². The second-order valence-electron chi connectivity index (χ2n) is 7.15. The SMILES string of the molecule is Cc1ccc(CCC(=O)NCC(=O)N(C)CC2CCCCC2O)cc1. The smallest absolute Gasteiger partial charge is 0.241 e. The molecule has 0 radical (unpaired) electrons. The Morgan fingerprint density at radius 2 is 1.88 bits per heavy atom. The summed E-state index contributed by atoms with van der Waals surface area (Å²) in [7, 11) is 1.74. The minimum Gasteiger partial charge on any atom is -0.393 e. The Morgan fingerprint density at radius 1 is 1.20 bits per heavy atom. The standard InChI is InChI=1S/C20H30N2O3/c1-15-7-9-16(10-8-15)11-12-19(24)21-13-20(25)22(2)14-17-5-3-4-6-18(17)23/h7-10,17-18,23H,3-6,11-14H2,1-2H3,(H,21,24). The average Bonchev–Trinajstić information content (AvgIpc) is 2.61. The summed E-state index contributed by atoms with van der Waals surface area (Å²) in [6.07, 6.45) is 4.69. The number of aliphatic hydroxyl groups is 1. The largest absolute Gasteiger partial charge is 0.393 e. The lowest BCUT2D eigenvalue weighted by atomic mass is 9.86. The highest BCUT2D eigenvalue weighted by Gasteiger charge is 2.25. The molecular formula is C20H30N2O3. The third kappa shape index (κ3) is 6.50. The number of carbonyl (C=O) groups is 2. The molecule has 1 aliphatic carbocycles. The van der Waals surface area contributed by atoms with Gasteiger partial charge in [0.1, 0.15) is 0 Å². The molecular weight excluding hydrogens is 316 g/mol. The van der Waals surface area contributed by atoms with Crippen LogP contribution in [0.1, 0.15) is 43.2 Å². The second-order valence-corrected chi connectivity index (χ2v) is 7.15. The van der Waals surface area contributed by atoms with Crippen LogP contribution in [0.15, 0.2) is 24.3 Å². The monoisotopic (exact) mass is 346 g/mol. The number of carbonyl (C=O) groups excluding carboxylic acids is 2. The summed E-state index contributed by atoms with van der Waals surface area (Å²) in [6.45, 7) is 2.61. The molecule has 2 amide bonds. The van der Waals surface area contributed by atoms with E-state index in [2.05, 4.69) is 5.32 Å². The molecule has 2 atom stereocenters. The Balaban J connectivity index is 1.67. The predicted molar refractivity (Wildman–Crippen MR) is 98.1 cm³/mol. The van der Waals surface area contributed by atoms with E-state index in [0.717, 1.165) is 31.2 Å². The van der Waals surface area contributed by atoms with E-state index < -0.39 is 0 Å². The molecule has 0 bridgehead atoms. The number of hydrogen-bond donors (Lipinski definition) is 2. The summed E-state index contributed by atoms with van der Waals surface area (Å²) < 4.78 is 0. The Kier molecular flexibility index (Phi) is 7.44. The molecule has 0 heterocycles. The number of nitrogens with one attached hydrogen (secondary N) is 1. The van der Waals surface area contributed by atoms with Gasteiger partial charge in [-0.05, 0) is 31.7 Å². The van der Waals surface area contributed by atoms with E-state index in [-0.39, 0.29) is 30.4 Å². The first-order valence-corrected chi connectivity index (χ1v) is 9.20. The number of amides is 2. The van der Waals surface area contributed by atoms with Crippen molar-refractivity contribution < 1.29 is 14.7 Å². The van der Waals surface area contributed by atoms with Crippen LogP contribution in [-0.2, 0) is 16.0 Å². The van der Waals surface area contributed by atoms with Gasteiger partial charge in [0.15, 0.2) is 0 Å². The van der Waals surface area contributed by atoms with E-state index >= 15 is 0 Å². The van der Waals surface area contributed by atoms with E-state index in [1.54, 1.807) is 11.9 Å². The van der Waals surface area contributed by atoms with Crippen LogP contribution in [-0.4, -0.2) is 48.1 Å². The van der Waals surface area contributed by atoms with Crippen LogP contribution in [0.3, 0.4) is 0 Å². The maximum absolute atomic E-state index is 12.2. The molecule has 1 aromatic rings. The lowest BCUT2D eigenvalue weighted by molar-refractivity contribution is -0.132. The summed E-state index contributed by atoms with van der Waals surface area (Å²) in [4.78, 5) is 25.7. The number of aliphatic hydroxyl groups excluding tert-OH is 1. The summed E-state index contributed by atoms with van der Waals surface area (Å²) >= 11 is 0. The van der Waals surface area contributed by atoms with Gasteiger partial charge >= 0.3 is 0 Å². The third-order valence-electron chi connectivity index (χ3n) is 5.00. The van der Waals surface area contributed by atoms with Gasteiger partial charge in [-0.15, -0.1) is 0 Å². The highest BCUT2D eigenvalue weighted by atomic mass is 16.3. The Bertz CT molecular complexity index is 571. The van der Waals surface area contributed by atoms with Gasteiger partial charge in [-0.3, -0.25) is 9.59 Å². The summed E-state index contributed by atoms with van der Waals surface area (Å²) in [6, 6.07) is 8.12. The normalized spacial score (nSPS) is 20.1. The van der Waals surface area contributed by atoms with Gasteiger partial charge in [-0.25, -0.2) is 0 Å². The molecule has 5 heteroatoms. The number of likely N-dealkylation sites (N-methyl/N-ethyl adjacent to an activating group) is 1. The van der Waals surface area contributed by atoms with E-state index in [1.165, 1.54) is 5.56 Å². The number of hydrogen-bond acceptors (Lipinski definition) is 3. The third-order valence-corrected chi connectivity index (χ3v) is 5.00. The lowest BCUT2D eigenvalue weighted by Crippen LogP contribution is -2.42. The molecule has 0 aromatic heterocycles. The molecule has 1 aromatic carbocycles. The molecule has 0 saturated heterocycles. The highest BCUT2D eigenvalue weighted by Crippen LogP contribution is 2.24. The molecule has 1 fully saturated rings. The zero-order chi connectivity index (χ0) is 18.2. The minimum absolute atomic E-state index is 0.0199. The van der Waals surface area contributed by atoms with Crippen LogP contribution in [0.2, 0.25) is 0 Å². The topological polar surface area (TPSA) is 69.6 Å². The van der Waals surface area contributed by atoms with Crippen molar-refractivity contribution in [3.63, 3.8) is 0 Å². The molecule has 2 N–H and O–H groups in total. The van der Waals surface area contributed by atoms with E-state index in [4.69, 9.17) is 0 Å². The van der Waals surface area contributed by atoms with Crippen LogP contribution in [0.25, 0.3) is 0 Å². The van der Waals surface area contributed by atoms with Crippen molar-refractivity contribution in [3.05, 3.63) is 35.4 Å². The summed E-state index contributed by atoms with van der Waals surface area (Å²) in [5.41, 5.74) is 2.32. The summed E-state index contributed by atoms with van der Waals surface area (Å²) in [5, 5.41) is 12.7. The zero-order valence-electron chi connectivity index (χ0n) is 15.3. The molecule has 2 unspecified atom stereocenters. The number of aryl methyl sites for hydroxylation is 2. The van der Waals surface area contributed by atoms with Crippen molar-refractivity contribution in [2.75, 3.05) is 20.1 Å². The molecule has 0 aliphatic heterocycles. The Labute approximate surface area is 150 Å². The fourth-order valence-corrected chi connectivity index (χ4v) is 3.26. The molecule has 1 aliphatic rings. The van der Waals surface area contributed by atoms with E-state index in [0.29, 0.717) is 19.4 Å². The number of benzene rings is 1. The molecule has 138 valence electrons. The van der Waals surface area contributed by atoms with Crippen molar-refractivity contribution >= 4 is 11.8 Å². The first-order chi connectivity index (χ1) is 12.0. The number of rotatable bonds is 7. The van der Waals surface area contributed by atoms with Crippen LogP contribution >= 0.6 is 0 Å². The molecule has 25 heavy (non-hydrogen) atoms. The maximum atomic E-state index is 12.2. The minimum atomic E-state index is -0.312. The average molecular weight is 346 g/mol. The fourth-order valence-electron chi connectivity index (χ4n) is 3.26. The van der Waals surface area contributed by atoms with Gasteiger partial charge in [0, 0.05) is 25.9 Å². The number of nitrogens with zero attached hydrogens (tertiary/aromatic N) is 1. The van der Waals surface area contributed by atoms with Crippen LogP contribution in [0.4, 0.5) is 0 Å². The Morgan fingerprint density at radius 3 is 2.56 bits per heavy atom. The van der Waals surface area contributed by atoms with Gasteiger partial charge in [0.25, 0.3) is 0 Å². The van der Waals surface area contributed by atoms with Crippen molar-refractivity contribution in [2.24, 2.45) is 5.92 Å². The van der Waals surface area contributed by atoms with Gasteiger partial charge in [0.05, 0.1) is 12.6 Å². The maximum Gasteiger partial charge on any atom is 0.241 e. The van der Waals surface area contributed by atoms with Gasteiger partial charge in [-0.1, -0.05) is 42.7 Å². The fraction of sp³-hybridized carbons (Fsp3) is 0.600. The summed E-state index contributed by atoms with van der Waals surface area (Å²) in [5.74, 6) is -0.0681. The van der Waals surface area contributed by atoms with Crippen LogP contribution < -0.4 is 5.32 Å². The van der Waals surface area contributed by atoms with Gasteiger partial charge in [0.2, 0.25) is 11.8 Å². The van der Waals surface area contributed by atoms with Crippen molar-refractivity contribution in [1.29, 1.82) is 0 Å². The predicted octanol–water partition coefficient (Wildman–Crippen LogP) is 2.05. The van der Waals surface area contributed by atoms with Gasteiger partial charge in [-0.2, -0.15) is 0 Å². The lowest BCUT2D eigenvalue weighted by Gasteiger charge is -2.31. The zero-order valence-corrected chi connectivity index (χ0v) is 15.3. The first kappa shape index (κ1) is 19.4. The molecule has 1 saturated carbocycles. The van der Waals surface area contributed by atoms with Gasteiger partial charge < -0.3 is 15.3 Å². The molecule has 5 nitrogen and oxygen atoms in total. The van der Waals surface area contributed by atoms with E-state index in [1.807, 2.05) is 31.2 Å². The second kappa shape index (κ2) is 9.56. The molecule has 0 spiro atoms.